The highest BCUT2D eigenvalue weighted by Gasteiger charge is 2.31. The zero-order chi connectivity index (χ0) is 13.4. The van der Waals surface area contributed by atoms with Gasteiger partial charge in [-0.1, -0.05) is 33.2 Å². The van der Waals surface area contributed by atoms with E-state index in [1.54, 1.807) is 6.07 Å². The number of halogens is 1. The summed E-state index contributed by atoms with van der Waals surface area (Å²) in [6.07, 6.45) is -0.0626. The fraction of sp³-hybridized carbons (Fsp3) is 0.154. The summed E-state index contributed by atoms with van der Waals surface area (Å²) in [6, 6.07) is 9.26. The number of carbonyl (C=O) groups excluding carboxylic acids is 2. The monoisotopic (exact) mass is 320 g/mol. The summed E-state index contributed by atoms with van der Waals surface area (Å²) >= 11 is 3.38. The summed E-state index contributed by atoms with van der Waals surface area (Å²) in [5.41, 5.74) is 1.51. The van der Waals surface area contributed by atoms with Crippen LogP contribution in [0.5, 0.6) is 0 Å². The number of hydrogen-bond donors (Lipinski definition) is 0. The van der Waals surface area contributed by atoms with Crippen molar-refractivity contribution < 1.29 is 14.1 Å². The van der Waals surface area contributed by atoms with Gasteiger partial charge in [0.2, 0.25) is 11.8 Å². The quantitative estimate of drug-likeness (QED) is 0.797. The minimum atomic E-state index is -0.248. The van der Waals surface area contributed by atoms with E-state index in [1.807, 2.05) is 24.3 Å². The van der Waals surface area contributed by atoms with Crippen molar-refractivity contribution in [1.29, 1.82) is 0 Å². The van der Waals surface area contributed by atoms with Crippen LogP contribution in [0.3, 0.4) is 0 Å². The number of Topliss-reactive ketones (excluding diaryl/α,β-unsaturated/α-hetero) is 1. The van der Waals surface area contributed by atoms with Gasteiger partial charge in [0.1, 0.15) is 5.69 Å². The van der Waals surface area contributed by atoms with Gasteiger partial charge in [-0.2, -0.15) is 0 Å². The first kappa shape index (κ1) is 12.1. The average Bonchev–Trinajstić information content (AvgIpc) is 2.96. The molecular weight excluding hydrogens is 312 g/mol. The molecule has 0 atom stereocenters. The highest BCUT2D eigenvalue weighted by atomic mass is 79.9. The Bertz CT molecular complexity index is 665. The predicted molar refractivity (Wildman–Crippen MR) is 71.6 cm³/mol. The molecule has 1 saturated heterocycles. The normalized spacial score (nSPS) is 15.3. The zero-order valence-electron chi connectivity index (χ0n) is 9.80. The molecule has 1 aliphatic heterocycles. The van der Waals surface area contributed by atoms with Crippen molar-refractivity contribution in [3.8, 4) is 11.3 Å². The maximum Gasteiger partial charge on any atom is 0.237 e. The molecule has 1 amide bonds. The number of benzene rings is 1. The van der Waals surface area contributed by atoms with Gasteiger partial charge in [-0.15, -0.1) is 0 Å². The van der Waals surface area contributed by atoms with Crippen molar-refractivity contribution in [2.45, 2.75) is 6.42 Å². The molecule has 0 aliphatic carbocycles. The van der Waals surface area contributed by atoms with Gasteiger partial charge in [0, 0.05) is 16.1 Å². The third-order valence-electron chi connectivity index (χ3n) is 2.87. The Morgan fingerprint density at radius 3 is 2.79 bits per heavy atom. The molecular formula is C13H9BrN2O3. The number of ketones is 1. The molecule has 0 saturated carbocycles. The maximum atomic E-state index is 11.6. The van der Waals surface area contributed by atoms with Crippen molar-refractivity contribution in [1.82, 2.24) is 5.16 Å². The molecule has 0 N–H and O–H groups in total. The van der Waals surface area contributed by atoms with Crippen molar-refractivity contribution in [2.24, 2.45) is 0 Å². The van der Waals surface area contributed by atoms with Gasteiger partial charge < -0.3 is 4.52 Å². The van der Waals surface area contributed by atoms with Crippen LogP contribution in [0.4, 0.5) is 5.88 Å². The molecule has 1 aromatic heterocycles. The molecule has 3 rings (SSSR count). The number of nitrogens with zero attached hydrogens (tertiary/aromatic N) is 2. The lowest BCUT2D eigenvalue weighted by Crippen LogP contribution is -2.23. The number of rotatable bonds is 2. The number of aromatic nitrogens is 1. The Morgan fingerprint density at radius 1 is 1.26 bits per heavy atom. The molecule has 0 unspecified atom stereocenters. The molecule has 1 aliphatic rings. The fourth-order valence-electron chi connectivity index (χ4n) is 1.96. The van der Waals surface area contributed by atoms with Crippen LogP contribution in [0, 0.1) is 0 Å². The van der Waals surface area contributed by atoms with Gasteiger partial charge in [-0.3, -0.25) is 14.5 Å². The molecule has 96 valence electrons. The lowest BCUT2D eigenvalue weighted by atomic mass is 10.1. The lowest BCUT2D eigenvalue weighted by molar-refractivity contribution is -0.121. The van der Waals surface area contributed by atoms with Crippen molar-refractivity contribution >= 4 is 33.5 Å². The molecule has 0 radical (unpaired) electrons. The van der Waals surface area contributed by atoms with E-state index in [2.05, 4.69) is 21.1 Å². The molecule has 19 heavy (non-hydrogen) atoms. The first-order valence-electron chi connectivity index (χ1n) is 5.68. The Hall–Kier alpha value is -1.95. The van der Waals surface area contributed by atoms with Crippen molar-refractivity contribution in [2.75, 3.05) is 11.4 Å². The zero-order valence-corrected chi connectivity index (χ0v) is 11.4. The molecule has 1 fully saturated rings. The van der Waals surface area contributed by atoms with Gasteiger partial charge in [-0.05, 0) is 12.1 Å². The Kier molecular flexibility index (Phi) is 2.94. The minimum Gasteiger partial charge on any atom is -0.338 e. The summed E-state index contributed by atoms with van der Waals surface area (Å²) in [6.45, 7) is 0.0615. The first-order valence-corrected chi connectivity index (χ1v) is 6.47. The second-order valence-electron chi connectivity index (χ2n) is 4.26. The highest BCUT2D eigenvalue weighted by molar-refractivity contribution is 9.10. The predicted octanol–water partition coefficient (Wildman–Crippen LogP) is 2.41. The standard InChI is InChI=1S/C13H9BrN2O3/c14-9-3-1-2-8(4-9)11-6-13(19-15-11)16-7-10(17)5-12(16)18/h1-4,6H,5,7H2. The molecule has 2 heterocycles. The van der Waals surface area contributed by atoms with Crippen molar-refractivity contribution in [3.05, 3.63) is 34.8 Å². The third kappa shape index (κ3) is 2.31. The number of anilines is 1. The summed E-state index contributed by atoms with van der Waals surface area (Å²) in [4.78, 5) is 24.1. The SMILES string of the molecule is O=C1CC(=O)N(c2cc(-c3cccc(Br)c3)no2)C1. The number of carbonyl (C=O) groups is 2. The second kappa shape index (κ2) is 4.62. The van der Waals surface area contributed by atoms with Gasteiger partial charge >= 0.3 is 0 Å². The van der Waals surface area contributed by atoms with E-state index < -0.39 is 0 Å². The fourth-order valence-corrected chi connectivity index (χ4v) is 2.36. The van der Waals surface area contributed by atoms with E-state index in [-0.39, 0.29) is 24.7 Å². The van der Waals surface area contributed by atoms with Crippen molar-refractivity contribution in [3.63, 3.8) is 0 Å². The number of hydrogen-bond acceptors (Lipinski definition) is 4. The van der Waals surface area contributed by atoms with E-state index in [1.165, 1.54) is 4.90 Å². The van der Waals surface area contributed by atoms with Crippen LogP contribution in [-0.4, -0.2) is 23.4 Å². The second-order valence-corrected chi connectivity index (χ2v) is 5.17. The van der Waals surface area contributed by atoms with Gasteiger partial charge in [-0.25, -0.2) is 0 Å². The third-order valence-corrected chi connectivity index (χ3v) is 3.36. The highest BCUT2D eigenvalue weighted by Crippen LogP contribution is 2.27. The first-order chi connectivity index (χ1) is 9.13. The molecule has 0 spiro atoms. The molecule has 1 aromatic carbocycles. The maximum absolute atomic E-state index is 11.6. The molecule has 2 aromatic rings. The van der Waals surface area contributed by atoms with Crippen LogP contribution in [0.1, 0.15) is 6.42 Å². The molecule has 6 heteroatoms. The van der Waals surface area contributed by atoms with Gasteiger partial charge in [0.05, 0.1) is 13.0 Å². The summed E-state index contributed by atoms with van der Waals surface area (Å²) < 4.78 is 6.08. The Balaban J connectivity index is 1.92. The van der Waals surface area contributed by atoms with E-state index in [0.717, 1.165) is 10.0 Å². The Morgan fingerprint density at radius 2 is 2.11 bits per heavy atom. The minimum absolute atomic E-state index is 0.0615. The summed E-state index contributed by atoms with van der Waals surface area (Å²) in [5.74, 6) is -0.0434. The van der Waals surface area contributed by atoms with Crippen LogP contribution in [0.25, 0.3) is 11.3 Å². The van der Waals surface area contributed by atoms with Crippen LogP contribution in [-0.2, 0) is 9.59 Å². The van der Waals surface area contributed by atoms with E-state index in [9.17, 15) is 9.59 Å². The van der Waals surface area contributed by atoms with E-state index in [0.29, 0.717) is 11.6 Å². The molecule has 0 bridgehead atoms. The molecule has 5 nitrogen and oxygen atoms in total. The topological polar surface area (TPSA) is 63.4 Å². The smallest absolute Gasteiger partial charge is 0.237 e. The van der Waals surface area contributed by atoms with E-state index in [4.69, 9.17) is 4.52 Å². The largest absolute Gasteiger partial charge is 0.338 e. The average molecular weight is 321 g/mol. The Labute approximate surface area is 117 Å². The van der Waals surface area contributed by atoms with Crippen LogP contribution < -0.4 is 4.90 Å². The summed E-state index contributed by atoms with van der Waals surface area (Å²) in [7, 11) is 0. The van der Waals surface area contributed by atoms with Gasteiger partial charge in [0.15, 0.2) is 5.78 Å². The lowest BCUT2D eigenvalue weighted by Gasteiger charge is -2.07. The van der Waals surface area contributed by atoms with Crippen LogP contribution in [0.2, 0.25) is 0 Å². The van der Waals surface area contributed by atoms with Gasteiger partial charge in [0.25, 0.3) is 0 Å². The van der Waals surface area contributed by atoms with Crippen LogP contribution in [0.15, 0.2) is 39.3 Å². The number of amides is 1. The van der Waals surface area contributed by atoms with E-state index >= 15 is 0 Å². The summed E-state index contributed by atoms with van der Waals surface area (Å²) in [5, 5.41) is 3.93. The van der Waals surface area contributed by atoms with Crippen LogP contribution >= 0.6 is 15.9 Å².